The molecule has 3 aromatic carbocycles. The fraction of sp³-hybridized carbons (Fsp3) is 0.267. The lowest BCUT2D eigenvalue weighted by atomic mass is 9.94. The predicted molar refractivity (Wildman–Crippen MR) is 224 cm³/mol. The second-order valence-corrected chi connectivity index (χ2v) is 14.9. The van der Waals surface area contributed by atoms with Gasteiger partial charge in [0.1, 0.15) is 29.7 Å². The Hall–Kier alpha value is -7.24. The smallest absolute Gasteiger partial charge is 0.416 e. The summed E-state index contributed by atoms with van der Waals surface area (Å²) in [5.41, 5.74) is 0.998. The molecule has 0 bridgehead atoms. The van der Waals surface area contributed by atoms with E-state index < -0.39 is 72.4 Å². The average Bonchev–Trinajstić information content (AvgIpc) is 3.61. The van der Waals surface area contributed by atoms with Gasteiger partial charge in [0, 0.05) is 44.5 Å². The van der Waals surface area contributed by atoms with Crippen LogP contribution in [0.25, 0.3) is 5.76 Å². The summed E-state index contributed by atoms with van der Waals surface area (Å²) < 4.78 is 81.0. The maximum atomic E-state index is 14.7. The molecular formula is C45H43F5N6O7. The Balaban J connectivity index is 1.18. The molecule has 1 fully saturated rings. The van der Waals surface area contributed by atoms with E-state index in [1.54, 1.807) is 61.6 Å². The Kier molecular flexibility index (Phi) is 13.5. The molecule has 63 heavy (non-hydrogen) atoms. The van der Waals surface area contributed by atoms with Gasteiger partial charge < -0.3 is 40.1 Å². The zero-order valence-corrected chi connectivity index (χ0v) is 34.5. The average molecular weight is 875 g/mol. The molecule has 18 heteroatoms. The third-order valence-electron chi connectivity index (χ3n) is 10.4. The molecular weight excluding hydrogens is 832 g/mol. The highest BCUT2D eigenvalue weighted by Crippen LogP contribution is 2.39. The van der Waals surface area contributed by atoms with Crippen LogP contribution in [0.4, 0.5) is 39.0 Å². The number of hydrogen-bond acceptors (Lipinski definition) is 9. The van der Waals surface area contributed by atoms with Gasteiger partial charge in [0.2, 0.25) is 11.8 Å². The molecule has 2 atom stereocenters. The van der Waals surface area contributed by atoms with Crippen molar-refractivity contribution in [3.05, 3.63) is 137 Å². The Bertz CT molecular complexity index is 2420. The van der Waals surface area contributed by atoms with Gasteiger partial charge in [-0.05, 0) is 71.9 Å². The summed E-state index contributed by atoms with van der Waals surface area (Å²) in [5, 5.41) is 8.15. The van der Waals surface area contributed by atoms with Crippen LogP contribution in [0.3, 0.4) is 0 Å². The van der Waals surface area contributed by atoms with Crippen molar-refractivity contribution in [2.75, 3.05) is 56.5 Å². The largest absolute Gasteiger partial charge is 0.496 e. The fourth-order valence-corrected chi connectivity index (χ4v) is 7.16. The number of anilines is 3. The molecule has 3 aliphatic rings. The molecule has 3 aromatic rings. The lowest BCUT2D eigenvalue weighted by molar-refractivity contribution is -0.137. The highest BCUT2D eigenvalue weighted by molar-refractivity contribution is 6.22. The van der Waals surface area contributed by atoms with Crippen LogP contribution in [0.15, 0.2) is 120 Å². The molecule has 3 N–H and O–H groups in total. The van der Waals surface area contributed by atoms with Crippen LogP contribution in [-0.2, 0) is 41.5 Å². The minimum absolute atomic E-state index is 0.0642. The Morgan fingerprint density at radius 3 is 2.33 bits per heavy atom. The summed E-state index contributed by atoms with van der Waals surface area (Å²) >= 11 is 0. The van der Waals surface area contributed by atoms with Crippen molar-refractivity contribution < 1.29 is 55.4 Å². The van der Waals surface area contributed by atoms with E-state index >= 15 is 0 Å². The number of nitrogens with zero attached hydrogens (tertiary/aromatic N) is 3. The van der Waals surface area contributed by atoms with E-state index in [1.165, 1.54) is 38.4 Å². The number of rotatable bonds is 14. The second-order valence-electron chi connectivity index (χ2n) is 14.9. The summed E-state index contributed by atoms with van der Waals surface area (Å²) in [6.45, 7) is -1.91. The van der Waals surface area contributed by atoms with Gasteiger partial charge >= 0.3 is 6.18 Å². The topological polar surface area (TPSA) is 150 Å². The molecule has 0 radical (unpaired) electrons. The molecule has 2 unspecified atom stereocenters. The van der Waals surface area contributed by atoms with Crippen LogP contribution in [0.5, 0.6) is 5.75 Å². The zero-order chi connectivity index (χ0) is 45.6. The van der Waals surface area contributed by atoms with E-state index in [1.807, 2.05) is 12.2 Å². The summed E-state index contributed by atoms with van der Waals surface area (Å²) in [7, 11) is 6.10. The van der Waals surface area contributed by atoms with E-state index in [4.69, 9.17) is 9.47 Å². The first kappa shape index (κ1) is 45.3. The van der Waals surface area contributed by atoms with Crippen molar-refractivity contribution in [2.24, 2.45) is 0 Å². The Morgan fingerprint density at radius 2 is 1.68 bits per heavy atom. The molecule has 2 heterocycles. The van der Waals surface area contributed by atoms with Crippen LogP contribution in [0, 0.1) is 0 Å². The van der Waals surface area contributed by atoms with Gasteiger partial charge in [-0.25, -0.2) is 8.78 Å². The Morgan fingerprint density at radius 1 is 0.968 bits per heavy atom. The van der Waals surface area contributed by atoms with Gasteiger partial charge in [0.05, 0.1) is 43.1 Å². The first-order chi connectivity index (χ1) is 29.9. The highest BCUT2D eigenvalue weighted by Gasteiger charge is 2.50. The maximum absolute atomic E-state index is 14.7. The molecule has 1 saturated heterocycles. The first-order valence-corrected chi connectivity index (χ1v) is 19.4. The molecule has 1 aliphatic carbocycles. The standard InChI is InChI=1S/C45H43F5N6O7/c1-54(2)35-10-7-11-37(62-4)39(35)40(33(24-57)43(61)55(3)30-18-14-28(15-19-30)45(48,49)50)63-25-27-12-16-29(17-13-27)53-42(60)36-22-44(46,47)26-56(36)38(58)23-52-41(59)32-20-21-51-34-9-6-5-8-31(32)34/h5-21,24,34,36,51H,22-23,25-26H2,1-4H3,(H,52,59)(H,53,60)/b40-33-. The van der Waals surface area contributed by atoms with Gasteiger partial charge in [0.15, 0.2) is 6.29 Å². The normalized spacial score (nSPS) is 17.8. The number of allylic oxidation sites excluding steroid dienone is 2. The SMILES string of the molecule is COc1cccc(N(C)C)c1/C(OCc1ccc(NC(=O)C2CC(F)(F)CN2C(=O)CNC(=O)C2=C3C=CC=CC3NC=C2)cc1)=C(\C=O)C(=O)N(C)c1ccc(C(F)(F)F)cc1. The molecule has 13 nitrogen and oxygen atoms in total. The van der Waals surface area contributed by atoms with Crippen LogP contribution in [-0.4, -0.2) is 94.2 Å². The highest BCUT2D eigenvalue weighted by atomic mass is 19.4. The molecule has 2 aliphatic heterocycles. The van der Waals surface area contributed by atoms with Crippen molar-refractivity contribution >= 4 is 52.7 Å². The molecule has 6 rings (SSSR count). The molecule has 0 spiro atoms. The number of fused-ring (bicyclic) bond motifs is 1. The number of hydrogen-bond donors (Lipinski definition) is 3. The van der Waals surface area contributed by atoms with Gasteiger partial charge in [-0.15, -0.1) is 0 Å². The van der Waals surface area contributed by atoms with Crippen molar-refractivity contribution in [3.63, 3.8) is 0 Å². The quantitative estimate of drug-likeness (QED) is 0.0459. The van der Waals surface area contributed by atoms with Crippen LogP contribution < -0.4 is 30.5 Å². The lowest BCUT2D eigenvalue weighted by Crippen LogP contribution is -2.47. The van der Waals surface area contributed by atoms with Gasteiger partial charge in [-0.1, -0.05) is 42.5 Å². The summed E-state index contributed by atoms with van der Waals surface area (Å²) in [5.74, 6) is -6.58. The minimum atomic E-state index is -4.61. The van der Waals surface area contributed by atoms with Crippen LogP contribution in [0.2, 0.25) is 0 Å². The summed E-state index contributed by atoms with van der Waals surface area (Å²) in [6, 6.07) is 13.0. The minimum Gasteiger partial charge on any atom is -0.496 e. The molecule has 4 amide bonds. The van der Waals surface area contributed by atoms with Crippen molar-refractivity contribution in [3.8, 4) is 5.75 Å². The second kappa shape index (κ2) is 18.8. The maximum Gasteiger partial charge on any atom is 0.416 e. The third kappa shape index (κ3) is 10.3. The third-order valence-corrected chi connectivity index (χ3v) is 10.4. The first-order valence-electron chi connectivity index (χ1n) is 19.4. The number of carbonyl (C=O) groups excluding carboxylic acids is 5. The van der Waals surface area contributed by atoms with Crippen molar-refractivity contribution in [2.45, 2.75) is 37.2 Å². The number of carbonyl (C=O) groups is 5. The van der Waals surface area contributed by atoms with E-state index in [2.05, 4.69) is 16.0 Å². The van der Waals surface area contributed by atoms with E-state index in [0.29, 0.717) is 22.4 Å². The number of benzene rings is 3. The number of halogens is 5. The number of amides is 4. The lowest BCUT2D eigenvalue weighted by Gasteiger charge is -2.25. The van der Waals surface area contributed by atoms with Crippen LogP contribution in [0.1, 0.15) is 23.1 Å². The number of dihydropyridines is 1. The molecule has 0 saturated carbocycles. The fourth-order valence-electron chi connectivity index (χ4n) is 7.16. The summed E-state index contributed by atoms with van der Waals surface area (Å²) in [6.07, 6.45) is 5.04. The monoisotopic (exact) mass is 874 g/mol. The number of likely N-dealkylation sites (tertiary alicyclic amines) is 1. The number of aldehydes is 1. The van der Waals surface area contributed by atoms with Crippen molar-refractivity contribution in [1.29, 1.82) is 0 Å². The zero-order valence-electron chi connectivity index (χ0n) is 34.5. The summed E-state index contributed by atoms with van der Waals surface area (Å²) in [4.78, 5) is 69.8. The Labute approximate surface area is 359 Å². The van der Waals surface area contributed by atoms with E-state index in [9.17, 15) is 45.9 Å². The number of alkyl halides is 5. The number of nitrogens with one attached hydrogen (secondary N) is 3. The molecule has 0 aromatic heterocycles. The van der Waals surface area contributed by atoms with E-state index in [0.717, 1.165) is 34.1 Å². The van der Waals surface area contributed by atoms with Gasteiger partial charge in [-0.3, -0.25) is 24.0 Å². The van der Waals surface area contributed by atoms with Gasteiger partial charge in [-0.2, -0.15) is 13.2 Å². The number of ether oxygens (including phenoxy) is 2. The number of methoxy groups -OCH3 is 1. The molecule has 330 valence electrons. The number of likely N-dealkylation sites (N-methyl/N-ethyl adjacent to an activating group) is 1. The van der Waals surface area contributed by atoms with E-state index in [-0.39, 0.29) is 47.4 Å². The van der Waals surface area contributed by atoms with Crippen LogP contribution >= 0.6 is 0 Å². The predicted octanol–water partition coefficient (Wildman–Crippen LogP) is 5.77. The van der Waals surface area contributed by atoms with Crippen molar-refractivity contribution in [1.82, 2.24) is 15.5 Å². The van der Waals surface area contributed by atoms with Gasteiger partial charge in [0.25, 0.3) is 17.7 Å².